The number of rotatable bonds is 4. The summed E-state index contributed by atoms with van der Waals surface area (Å²) in [5, 5.41) is 7.02. The van der Waals surface area contributed by atoms with E-state index in [2.05, 4.69) is 43.3 Å². The zero-order valence-corrected chi connectivity index (χ0v) is 12.6. The van der Waals surface area contributed by atoms with E-state index in [-0.39, 0.29) is 0 Å². The molecule has 2 N–H and O–H groups in total. The van der Waals surface area contributed by atoms with Gasteiger partial charge >= 0.3 is 0 Å². The lowest BCUT2D eigenvalue weighted by molar-refractivity contribution is 0.477. The van der Waals surface area contributed by atoms with E-state index in [1.807, 2.05) is 0 Å². The Balaban J connectivity index is 2.24. The summed E-state index contributed by atoms with van der Waals surface area (Å²) >= 11 is 0. The molecule has 2 heterocycles. The van der Waals surface area contributed by atoms with Crippen LogP contribution in [0.5, 0.6) is 0 Å². The van der Waals surface area contributed by atoms with Gasteiger partial charge in [0, 0.05) is 23.2 Å². The fourth-order valence-electron chi connectivity index (χ4n) is 2.48. The van der Waals surface area contributed by atoms with Crippen molar-refractivity contribution in [3.05, 3.63) is 17.1 Å². The number of aryl methyl sites for hydroxylation is 1. The second-order valence-electron chi connectivity index (χ2n) is 5.68. The molecule has 4 nitrogen and oxygen atoms in total. The van der Waals surface area contributed by atoms with E-state index >= 15 is 0 Å². The van der Waals surface area contributed by atoms with Crippen LogP contribution in [0.3, 0.4) is 0 Å². The largest absolute Gasteiger partial charge is 0.367 e. The Morgan fingerprint density at radius 1 is 1.26 bits per heavy atom. The minimum atomic E-state index is 0.375. The third kappa shape index (κ3) is 3.44. The Labute approximate surface area is 116 Å². The molecule has 0 unspecified atom stereocenters. The lowest BCUT2D eigenvalue weighted by Crippen LogP contribution is -2.35. The predicted octanol–water partition coefficient (Wildman–Crippen LogP) is 2.63. The number of hydrogen-bond donors (Lipinski definition) is 2. The van der Waals surface area contributed by atoms with Gasteiger partial charge in [-0.1, -0.05) is 20.8 Å². The maximum atomic E-state index is 4.73. The van der Waals surface area contributed by atoms with Gasteiger partial charge in [0.1, 0.15) is 11.6 Å². The second-order valence-corrected chi connectivity index (χ2v) is 5.68. The van der Waals surface area contributed by atoms with Gasteiger partial charge < -0.3 is 10.6 Å². The number of piperidine rings is 1. The van der Waals surface area contributed by atoms with E-state index < -0.39 is 0 Å². The highest BCUT2D eigenvalue weighted by Crippen LogP contribution is 2.22. The standard InChI is InChI=1S/C15H26N4/c1-5-13-11(4)15(19-14(18-13)10(2)3)17-12-6-8-16-9-7-12/h10,12,16H,5-9H2,1-4H3,(H,17,18,19). The van der Waals surface area contributed by atoms with E-state index in [4.69, 9.17) is 4.98 Å². The van der Waals surface area contributed by atoms with E-state index in [0.29, 0.717) is 12.0 Å². The first-order valence-electron chi connectivity index (χ1n) is 7.46. The minimum Gasteiger partial charge on any atom is -0.367 e. The summed E-state index contributed by atoms with van der Waals surface area (Å²) in [7, 11) is 0. The Morgan fingerprint density at radius 2 is 1.95 bits per heavy atom. The summed E-state index contributed by atoms with van der Waals surface area (Å²) in [6.07, 6.45) is 3.30. The highest BCUT2D eigenvalue weighted by Gasteiger charge is 2.17. The lowest BCUT2D eigenvalue weighted by Gasteiger charge is -2.25. The number of nitrogens with zero attached hydrogens (tertiary/aromatic N) is 2. The molecule has 1 aromatic rings. The molecule has 4 heteroatoms. The van der Waals surface area contributed by atoms with E-state index in [9.17, 15) is 0 Å². The molecule has 0 saturated carbocycles. The maximum absolute atomic E-state index is 4.73. The van der Waals surface area contributed by atoms with Gasteiger partial charge in [-0.3, -0.25) is 0 Å². The summed E-state index contributed by atoms with van der Waals surface area (Å²) in [5.74, 6) is 2.38. The number of hydrogen-bond acceptors (Lipinski definition) is 4. The zero-order chi connectivity index (χ0) is 13.8. The van der Waals surface area contributed by atoms with Gasteiger partial charge in [-0.05, 0) is 39.3 Å². The van der Waals surface area contributed by atoms with Crippen molar-refractivity contribution in [2.24, 2.45) is 0 Å². The first-order chi connectivity index (χ1) is 9.11. The summed E-state index contributed by atoms with van der Waals surface area (Å²) in [6.45, 7) is 10.8. The average Bonchev–Trinajstić information content (AvgIpc) is 2.42. The van der Waals surface area contributed by atoms with Crippen LogP contribution in [0.1, 0.15) is 56.6 Å². The first kappa shape index (κ1) is 14.3. The smallest absolute Gasteiger partial charge is 0.133 e. The fraction of sp³-hybridized carbons (Fsp3) is 0.733. The van der Waals surface area contributed by atoms with Crippen molar-refractivity contribution in [1.29, 1.82) is 0 Å². The monoisotopic (exact) mass is 262 g/mol. The molecule has 19 heavy (non-hydrogen) atoms. The van der Waals surface area contributed by atoms with Crippen LogP contribution in [0.4, 0.5) is 5.82 Å². The lowest BCUT2D eigenvalue weighted by atomic mass is 10.1. The summed E-state index contributed by atoms with van der Waals surface area (Å²) in [4.78, 5) is 9.41. The number of anilines is 1. The normalized spacial score (nSPS) is 16.9. The minimum absolute atomic E-state index is 0.375. The Bertz CT molecular complexity index is 422. The molecule has 106 valence electrons. The molecule has 0 aromatic carbocycles. The van der Waals surface area contributed by atoms with Crippen LogP contribution in [-0.2, 0) is 6.42 Å². The molecule has 0 bridgehead atoms. The molecule has 0 atom stereocenters. The molecule has 1 aliphatic heterocycles. The van der Waals surface area contributed by atoms with E-state index in [1.165, 1.54) is 24.1 Å². The van der Waals surface area contributed by atoms with Gasteiger partial charge in [0.15, 0.2) is 0 Å². The van der Waals surface area contributed by atoms with Crippen LogP contribution in [0.2, 0.25) is 0 Å². The second kappa shape index (κ2) is 6.33. The number of aromatic nitrogens is 2. The molecule has 2 rings (SSSR count). The fourth-order valence-corrected chi connectivity index (χ4v) is 2.48. The van der Waals surface area contributed by atoms with Crippen molar-refractivity contribution >= 4 is 5.82 Å². The molecular weight excluding hydrogens is 236 g/mol. The van der Waals surface area contributed by atoms with Crippen molar-refractivity contribution in [3.63, 3.8) is 0 Å². The van der Waals surface area contributed by atoms with Gasteiger partial charge in [-0.25, -0.2) is 9.97 Å². The van der Waals surface area contributed by atoms with Crippen LogP contribution in [-0.4, -0.2) is 29.1 Å². The third-order valence-electron chi connectivity index (χ3n) is 3.80. The molecule has 0 spiro atoms. The Morgan fingerprint density at radius 3 is 2.53 bits per heavy atom. The Kier molecular flexibility index (Phi) is 4.75. The van der Waals surface area contributed by atoms with Crippen LogP contribution in [0.15, 0.2) is 0 Å². The van der Waals surface area contributed by atoms with Crippen LogP contribution < -0.4 is 10.6 Å². The maximum Gasteiger partial charge on any atom is 0.133 e. The molecular formula is C15H26N4. The summed E-state index contributed by atoms with van der Waals surface area (Å²) in [6, 6.07) is 0.541. The van der Waals surface area contributed by atoms with Gasteiger partial charge in [0.25, 0.3) is 0 Å². The predicted molar refractivity (Wildman–Crippen MR) is 79.8 cm³/mol. The summed E-state index contributed by atoms with van der Waals surface area (Å²) in [5.41, 5.74) is 2.39. The molecule has 1 fully saturated rings. The molecule has 0 aliphatic carbocycles. The highest BCUT2D eigenvalue weighted by molar-refractivity contribution is 5.47. The topological polar surface area (TPSA) is 49.8 Å². The highest BCUT2D eigenvalue weighted by atomic mass is 15.1. The van der Waals surface area contributed by atoms with Crippen molar-refractivity contribution in [1.82, 2.24) is 15.3 Å². The van der Waals surface area contributed by atoms with Crippen molar-refractivity contribution < 1.29 is 0 Å². The SMILES string of the molecule is CCc1nc(C(C)C)nc(NC2CCNCC2)c1C. The first-order valence-corrected chi connectivity index (χ1v) is 7.46. The zero-order valence-electron chi connectivity index (χ0n) is 12.6. The van der Waals surface area contributed by atoms with Crippen molar-refractivity contribution in [2.45, 2.75) is 58.9 Å². The molecule has 1 saturated heterocycles. The number of nitrogens with one attached hydrogen (secondary N) is 2. The van der Waals surface area contributed by atoms with Crippen molar-refractivity contribution in [3.8, 4) is 0 Å². The van der Waals surface area contributed by atoms with Gasteiger partial charge in [-0.15, -0.1) is 0 Å². The molecule has 0 radical (unpaired) electrons. The third-order valence-corrected chi connectivity index (χ3v) is 3.80. The van der Waals surface area contributed by atoms with E-state index in [1.54, 1.807) is 0 Å². The van der Waals surface area contributed by atoms with Crippen LogP contribution >= 0.6 is 0 Å². The van der Waals surface area contributed by atoms with Crippen LogP contribution in [0, 0.1) is 6.92 Å². The van der Waals surface area contributed by atoms with Gasteiger partial charge in [0.05, 0.1) is 0 Å². The van der Waals surface area contributed by atoms with Gasteiger partial charge in [-0.2, -0.15) is 0 Å². The molecule has 1 aliphatic rings. The van der Waals surface area contributed by atoms with E-state index in [0.717, 1.165) is 31.2 Å². The average molecular weight is 262 g/mol. The quantitative estimate of drug-likeness (QED) is 0.876. The molecule has 0 amide bonds. The molecule has 1 aromatic heterocycles. The van der Waals surface area contributed by atoms with Crippen molar-refractivity contribution in [2.75, 3.05) is 18.4 Å². The Hall–Kier alpha value is -1.16. The van der Waals surface area contributed by atoms with Gasteiger partial charge in [0.2, 0.25) is 0 Å². The summed E-state index contributed by atoms with van der Waals surface area (Å²) < 4.78 is 0. The van der Waals surface area contributed by atoms with Crippen LogP contribution in [0.25, 0.3) is 0 Å².